The van der Waals surface area contributed by atoms with E-state index >= 15 is 0 Å². The second-order valence-corrected chi connectivity index (χ2v) is 6.75. The van der Waals surface area contributed by atoms with Crippen molar-refractivity contribution >= 4 is 5.96 Å². The highest BCUT2D eigenvalue weighted by atomic mass is 16.5. The molecular formula is C15H33N3O. The third-order valence-corrected chi connectivity index (χ3v) is 2.91. The van der Waals surface area contributed by atoms with Crippen LogP contribution in [-0.4, -0.2) is 38.3 Å². The summed E-state index contributed by atoms with van der Waals surface area (Å²) in [6.07, 6.45) is 2.37. The van der Waals surface area contributed by atoms with E-state index in [9.17, 15) is 0 Å². The van der Waals surface area contributed by atoms with Gasteiger partial charge in [0, 0.05) is 20.2 Å². The summed E-state index contributed by atoms with van der Waals surface area (Å²) in [5, 5.41) is 6.63. The van der Waals surface area contributed by atoms with Gasteiger partial charge in [-0.3, -0.25) is 4.99 Å². The summed E-state index contributed by atoms with van der Waals surface area (Å²) in [7, 11) is 1.72. The van der Waals surface area contributed by atoms with Gasteiger partial charge >= 0.3 is 0 Å². The summed E-state index contributed by atoms with van der Waals surface area (Å²) >= 11 is 0. The van der Waals surface area contributed by atoms with Gasteiger partial charge in [0.25, 0.3) is 0 Å². The summed E-state index contributed by atoms with van der Waals surface area (Å²) in [6, 6.07) is 0. The van der Waals surface area contributed by atoms with Crippen LogP contribution in [0, 0.1) is 5.41 Å². The maximum atomic E-state index is 5.37. The van der Waals surface area contributed by atoms with E-state index in [2.05, 4.69) is 43.3 Å². The van der Waals surface area contributed by atoms with E-state index < -0.39 is 0 Å². The Morgan fingerprint density at radius 2 is 1.74 bits per heavy atom. The predicted molar refractivity (Wildman–Crippen MR) is 83.8 cm³/mol. The zero-order chi connectivity index (χ0) is 14.9. The van der Waals surface area contributed by atoms with E-state index in [4.69, 9.17) is 4.74 Å². The fraction of sp³-hybridized carbons (Fsp3) is 0.933. The molecule has 0 aliphatic carbocycles. The number of aliphatic imine (C=N–C) groups is 1. The molecule has 0 aromatic rings. The minimum Gasteiger partial charge on any atom is -0.377 e. The molecule has 0 aliphatic rings. The lowest BCUT2D eigenvalue weighted by atomic mass is 9.91. The van der Waals surface area contributed by atoms with Crippen LogP contribution < -0.4 is 10.6 Å². The molecule has 0 radical (unpaired) electrons. The van der Waals surface area contributed by atoms with Gasteiger partial charge in [-0.2, -0.15) is 0 Å². The fourth-order valence-corrected chi connectivity index (χ4v) is 1.50. The van der Waals surface area contributed by atoms with Crippen molar-refractivity contribution in [2.45, 2.75) is 60.0 Å². The number of rotatable bonds is 7. The molecule has 0 atom stereocenters. The van der Waals surface area contributed by atoms with Crippen molar-refractivity contribution in [1.82, 2.24) is 10.6 Å². The molecule has 0 aliphatic heterocycles. The zero-order valence-electron chi connectivity index (χ0n) is 13.9. The van der Waals surface area contributed by atoms with Crippen molar-refractivity contribution in [3.63, 3.8) is 0 Å². The van der Waals surface area contributed by atoms with Crippen LogP contribution >= 0.6 is 0 Å². The topological polar surface area (TPSA) is 45.7 Å². The molecule has 0 saturated carbocycles. The van der Waals surface area contributed by atoms with Crippen molar-refractivity contribution in [1.29, 1.82) is 0 Å². The van der Waals surface area contributed by atoms with Gasteiger partial charge < -0.3 is 15.4 Å². The van der Waals surface area contributed by atoms with Gasteiger partial charge in [0.15, 0.2) is 5.96 Å². The Bertz CT molecular complexity index is 267. The molecule has 0 heterocycles. The van der Waals surface area contributed by atoms with E-state index in [-0.39, 0.29) is 5.60 Å². The minimum atomic E-state index is -0.215. The first-order valence-corrected chi connectivity index (χ1v) is 7.27. The van der Waals surface area contributed by atoms with Gasteiger partial charge in [-0.05, 0) is 39.0 Å². The monoisotopic (exact) mass is 271 g/mol. The molecule has 0 aromatic carbocycles. The van der Waals surface area contributed by atoms with E-state index in [0.29, 0.717) is 12.0 Å². The molecule has 0 fully saturated rings. The van der Waals surface area contributed by atoms with Gasteiger partial charge in [0.05, 0.1) is 12.1 Å². The first-order valence-electron chi connectivity index (χ1n) is 7.27. The Morgan fingerprint density at radius 3 is 2.21 bits per heavy atom. The maximum absolute atomic E-state index is 5.37. The maximum Gasteiger partial charge on any atom is 0.191 e. The van der Waals surface area contributed by atoms with Crippen molar-refractivity contribution in [2.75, 3.05) is 26.7 Å². The second kappa shape index (κ2) is 8.41. The van der Waals surface area contributed by atoms with Crippen LogP contribution in [0.2, 0.25) is 0 Å². The molecule has 0 unspecified atom stereocenters. The Labute approximate surface area is 119 Å². The molecule has 4 nitrogen and oxygen atoms in total. The summed E-state index contributed by atoms with van der Waals surface area (Å²) in [5.41, 5.74) is 0.184. The van der Waals surface area contributed by atoms with Crippen molar-refractivity contribution in [3.8, 4) is 0 Å². The normalized spacial score (nSPS) is 13.5. The average molecular weight is 271 g/mol. The lowest BCUT2D eigenvalue weighted by Crippen LogP contribution is -2.39. The number of nitrogens with one attached hydrogen (secondary N) is 2. The largest absolute Gasteiger partial charge is 0.377 e. The number of hydrogen-bond acceptors (Lipinski definition) is 2. The molecule has 2 N–H and O–H groups in total. The van der Waals surface area contributed by atoms with Crippen LogP contribution in [-0.2, 0) is 4.74 Å². The molecule has 0 rings (SSSR count). The average Bonchev–Trinajstić information content (AvgIpc) is 2.30. The lowest BCUT2D eigenvalue weighted by Gasteiger charge is -2.22. The van der Waals surface area contributed by atoms with E-state index in [1.807, 2.05) is 13.8 Å². The van der Waals surface area contributed by atoms with E-state index in [0.717, 1.165) is 25.5 Å². The number of guanidine groups is 1. The summed E-state index contributed by atoms with van der Waals surface area (Å²) in [4.78, 5) is 4.56. The highest BCUT2D eigenvalue weighted by molar-refractivity contribution is 5.79. The first-order chi connectivity index (χ1) is 8.70. The van der Waals surface area contributed by atoms with Crippen LogP contribution in [0.25, 0.3) is 0 Å². The molecular weight excluding hydrogens is 238 g/mol. The molecule has 0 saturated heterocycles. The van der Waals surface area contributed by atoms with E-state index in [1.165, 1.54) is 6.42 Å². The van der Waals surface area contributed by atoms with Gasteiger partial charge in [-0.15, -0.1) is 0 Å². The highest BCUT2D eigenvalue weighted by Gasteiger charge is 2.15. The smallest absolute Gasteiger partial charge is 0.191 e. The molecule has 19 heavy (non-hydrogen) atoms. The Kier molecular flexibility index (Phi) is 8.07. The summed E-state index contributed by atoms with van der Waals surface area (Å²) in [6.45, 7) is 15.5. The quantitative estimate of drug-likeness (QED) is 0.425. The molecule has 0 aromatic heterocycles. The van der Waals surface area contributed by atoms with Gasteiger partial charge in [0.2, 0.25) is 0 Å². The van der Waals surface area contributed by atoms with Crippen molar-refractivity contribution in [2.24, 2.45) is 10.4 Å². The molecule has 114 valence electrons. The lowest BCUT2D eigenvalue weighted by molar-refractivity contribution is 0.0310. The zero-order valence-corrected chi connectivity index (χ0v) is 13.9. The minimum absolute atomic E-state index is 0.215. The Balaban J connectivity index is 4.15. The van der Waals surface area contributed by atoms with Crippen molar-refractivity contribution in [3.05, 3.63) is 0 Å². The van der Waals surface area contributed by atoms with Gasteiger partial charge in [-0.25, -0.2) is 0 Å². The third-order valence-electron chi connectivity index (χ3n) is 2.91. The molecule has 0 amide bonds. The summed E-state index contributed by atoms with van der Waals surface area (Å²) < 4.78 is 5.37. The van der Waals surface area contributed by atoms with Gasteiger partial charge in [-0.1, -0.05) is 20.8 Å². The standard InChI is InChI=1S/C15H33N3O/c1-8-16-13(18-12-15(5,6)19-7)17-11-9-10-14(2,3)4/h8-12H2,1-7H3,(H2,16,17,18). The second-order valence-electron chi connectivity index (χ2n) is 6.75. The fourth-order valence-electron chi connectivity index (χ4n) is 1.50. The first kappa shape index (κ1) is 18.2. The van der Waals surface area contributed by atoms with Crippen LogP contribution in [0.15, 0.2) is 4.99 Å². The molecule has 0 bridgehead atoms. The summed E-state index contributed by atoms with van der Waals surface area (Å²) in [5.74, 6) is 0.876. The Morgan fingerprint density at radius 1 is 1.11 bits per heavy atom. The molecule has 0 spiro atoms. The predicted octanol–water partition coefficient (Wildman–Crippen LogP) is 2.79. The van der Waals surface area contributed by atoms with Crippen LogP contribution in [0.5, 0.6) is 0 Å². The van der Waals surface area contributed by atoms with E-state index in [1.54, 1.807) is 7.11 Å². The van der Waals surface area contributed by atoms with Crippen LogP contribution in [0.1, 0.15) is 54.4 Å². The Hall–Kier alpha value is -0.770. The third kappa shape index (κ3) is 10.8. The number of ether oxygens (including phenoxy) is 1. The van der Waals surface area contributed by atoms with Crippen molar-refractivity contribution < 1.29 is 4.74 Å². The molecule has 4 heteroatoms. The highest BCUT2D eigenvalue weighted by Crippen LogP contribution is 2.19. The van der Waals surface area contributed by atoms with Crippen LogP contribution in [0.4, 0.5) is 0 Å². The van der Waals surface area contributed by atoms with Gasteiger partial charge in [0.1, 0.15) is 0 Å². The van der Waals surface area contributed by atoms with Crippen LogP contribution in [0.3, 0.4) is 0 Å². The SMILES string of the molecule is CCNC(=NCC(C)(C)OC)NCCCC(C)(C)C. The number of nitrogens with zero attached hydrogens (tertiary/aromatic N) is 1. The number of hydrogen-bond donors (Lipinski definition) is 2. The number of methoxy groups -OCH3 is 1.